The maximum Gasteiger partial charge on any atom is 0.336 e. The molecule has 29 heavy (non-hydrogen) atoms. The summed E-state index contributed by atoms with van der Waals surface area (Å²) < 4.78 is 10.8. The molecule has 8 heteroatoms. The zero-order chi connectivity index (χ0) is 20.4. The van der Waals surface area contributed by atoms with Crippen molar-refractivity contribution < 1.29 is 18.7 Å². The maximum atomic E-state index is 12.5. The lowest BCUT2D eigenvalue weighted by Gasteiger charge is -2.34. The Balaban J connectivity index is 1.33. The number of rotatable bonds is 4. The van der Waals surface area contributed by atoms with E-state index in [1.54, 1.807) is 21.9 Å². The first-order valence-electron chi connectivity index (χ1n) is 9.29. The molecular weight excluding hydrogens is 392 g/mol. The summed E-state index contributed by atoms with van der Waals surface area (Å²) >= 11 is 1.42. The molecule has 0 N–H and O–H groups in total. The van der Waals surface area contributed by atoms with Crippen molar-refractivity contribution in [3.8, 4) is 5.75 Å². The highest BCUT2D eigenvalue weighted by Gasteiger charge is 2.25. The topological polar surface area (TPSA) is 80.1 Å². The zero-order valence-corrected chi connectivity index (χ0v) is 16.7. The Bertz CT molecular complexity index is 1100. The van der Waals surface area contributed by atoms with Crippen molar-refractivity contribution in [1.29, 1.82) is 0 Å². The third-order valence-electron chi connectivity index (χ3n) is 4.94. The maximum absolute atomic E-state index is 12.5. The van der Waals surface area contributed by atoms with E-state index >= 15 is 0 Å². The first-order chi connectivity index (χ1) is 14.0. The van der Waals surface area contributed by atoms with Gasteiger partial charge in [0.2, 0.25) is 0 Å². The summed E-state index contributed by atoms with van der Waals surface area (Å²) in [5, 5.41) is 2.71. The molecule has 0 bridgehead atoms. The summed E-state index contributed by atoms with van der Waals surface area (Å²) in [5.41, 5.74) is 0.840. The van der Waals surface area contributed by atoms with Gasteiger partial charge in [0.1, 0.15) is 11.3 Å². The Morgan fingerprint density at radius 3 is 2.59 bits per heavy atom. The van der Waals surface area contributed by atoms with E-state index in [4.69, 9.17) is 9.15 Å². The Labute approximate surface area is 171 Å². The van der Waals surface area contributed by atoms with Crippen molar-refractivity contribution in [2.75, 3.05) is 32.8 Å². The van der Waals surface area contributed by atoms with Gasteiger partial charge in [-0.1, -0.05) is 6.07 Å². The normalized spacial score (nSPS) is 14.2. The molecule has 2 amide bonds. The van der Waals surface area contributed by atoms with E-state index in [0.717, 1.165) is 10.9 Å². The van der Waals surface area contributed by atoms with Crippen LogP contribution in [-0.4, -0.2) is 54.4 Å². The fourth-order valence-electron chi connectivity index (χ4n) is 3.35. The summed E-state index contributed by atoms with van der Waals surface area (Å²) in [6, 6.07) is 10.3. The van der Waals surface area contributed by atoms with Gasteiger partial charge in [-0.3, -0.25) is 9.59 Å². The molecule has 2 aromatic heterocycles. The number of ether oxygens (including phenoxy) is 1. The van der Waals surface area contributed by atoms with Gasteiger partial charge in [0.25, 0.3) is 11.8 Å². The number of fused-ring (bicyclic) bond motifs is 1. The summed E-state index contributed by atoms with van der Waals surface area (Å²) in [7, 11) is 0. The van der Waals surface area contributed by atoms with Crippen LogP contribution in [-0.2, 0) is 4.79 Å². The Hall–Kier alpha value is -3.13. The Kier molecular flexibility index (Phi) is 5.35. The highest BCUT2D eigenvalue weighted by atomic mass is 32.1. The third-order valence-corrected chi connectivity index (χ3v) is 5.79. The molecule has 0 radical (unpaired) electrons. The summed E-state index contributed by atoms with van der Waals surface area (Å²) in [6.45, 7) is 3.69. The lowest BCUT2D eigenvalue weighted by Crippen LogP contribution is -2.51. The molecule has 3 aromatic rings. The smallest absolute Gasteiger partial charge is 0.336 e. The van der Waals surface area contributed by atoms with Crippen LogP contribution in [0.2, 0.25) is 0 Å². The predicted molar refractivity (Wildman–Crippen MR) is 110 cm³/mol. The second-order valence-electron chi connectivity index (χ2n) is 6.85. The number of hydrogen-bond donors (Lipinski definition) is 0. The largest absolute Gasteiger partial charge is 0.484 e. The first-order valence-corrected chi connectivity index (χ1v) is 10.2. The lowest BCUT2D eigenvalue weighted by atomic mass is 10.1. The van der Waals surface area contributed by atoms with E-state index in [9.17, 15) is 14.4 Å². The summed E-state index contributed by atoms with van der Waals surface area (Å²) in [4.78, 5) is 40.6. The number of thiophene rings is 1. The van der Waals surface area contributed by atoms with Crippen LogP contribution in [0.1, 0.15) is 15.2 Å². The summed E-state index contributed by atoms with van der Waals surface area (Å²) in [5.74, 6) is 0.335. The molecule has 7 nitrogen and oxygen atoms in total. The third kappa shape index (κ3) is 4.17. The van der Waals surface area contributed by atoms with E-state index in [1.807, 2.05) is 30.5 Å². The van der Waals surface area contributed by atoms with Crippen LogP contribution in [0.3, 0.4) is 0 Å². The molecule has 150 valence electrons. The van der Waals surface area contributed by atoms with E-state index in [0.29, 0.717) is 42.4 Å². The van der Waals surface area contributed by atoms with Gasteiger partial charge in [-0.15, -0.1) is 11.3 Å². The van der Waals surface area contributed by atoms with Crippen LogP contribution < -0.4 is 10.4 Å². The molecule has 0 saturated carbocycles. The minimum Gasteiger partial charge on any atom is -0.484 e. The number of amides is 2. The number of piperazine rings is 1. The van der Waals surface area contributed by atoms with Crippen molar-refractivity contribution in [1.82, 2.24) is 9.80 Å². The van der Waals surface area contributed by atoms with Crippen molar-refractivity contribution in [2.45, 2.75) is 6.92 Å². The number of benzene rings is 1. The molecule has 1 saturated heterocycles. The van der Waals surface area contributed by atoms with Gasteiger partial charge in [-0.25, -0.2) is 4.79 Å². The van der Waals surface area contributed by atoms with Crippen molar-refractivity contribution >= 4 is 34.1 Å². The van der Waals surface area contributed by atoms with Crippen molar-refractivity contribution in [2.24, 2.45) is 0 Å². The average molecular weight is 412 g/mol. The lowest BCUT2D eigenvalue weighted by molar-refractivity contribution is -0.134. The second-order valence-corrected chi connectivity index (χ2v) is 7.79. The number of nitrogens with zero attached hydrogens (tertiary/aromatic N) is 2. The molecule has 0 atom stereocenters. The van der Waals surface area contributed by atoms with Crippen molar-refractivity contribution in [3.05, 3.63) is 62.6 Å². The molecule has 3 heterocycles. The molecule has 1 fully saturated rings. The number of aryl methyl sites for hydroxylation is 1. The van der Waals surface area contributed by atoms with E-state index in [2.05, 4.69) is 0 Å². The van der Waals surface area contributed by atoms with Crippen LogP contribution in [0.25, 0.3) is 11.0 Å². The minimum absolute atomic E-state index is 0.0105. The zero-order valence-electron chi connectivity index (χ0n) is 15.9. The van der Waals surface area contributed by atoms with E-state index < -0.39 is 5.63 Å². The average Bonchev–Trinajstić information content (AvgIpc) is 3.26. The first kappa shape index (κ1) is 19.2. The standard InChI is InChI=1S/C21H20N2O5S/c1-14-11-20(25)28-17-12-15(4-5-16(14)17)27-13-19(24)22-6-8-23(9-7-22)21(26)18-3-2-10-29-18/h2-5,10-12H,6-9,13H2,1H3. The van der Waals surface area contributed by atoms with E-state index in [-0.39, 0.29) is 18.4 Å². The Morgan fingerprint density at radius 2 is 1.86 bits per heavy atom. The highest BCUT2D eigenvalue weighted by molar-refractivity contribution is 7.12. The van der Waals surface area contributed by atoms with Gasteiger partial charge in [-0.05, 0) is 36.1 Å². The minimum atomic E-state index is -0.418. The van der Waals surface area contributed by atoms with Gasteiger partial charge in [0.15, 0.2) is 6.61 Å². The molecule has 4 rings (SSSR count). The molecule has 0 aliphatic carbocycles. The predicted octanol–water partition coefficient (Wildman–Crippen LogP) is 2.53. The number of hydrogen-bond acceptors (Lipinski definition) is 6. The molecule has 1 aromatic carbocycles. The quantitative estimate of drug-likeness (QED) is 0.615. The summed E-state index contributed by atoms with van der Waals surface area (Å²) in [6.07, 6.45) is 0. The van der Waals surface area contributed by atoms with Gasteiger partial charge >= 0.3 is 5.63 Å². The van der Waals surface area contributed by atoms with Crippen molar-refractivity contribution in [3.63, 3.8) is 0 Å². The molecule has 0 spiro atoms. The molecular formula is C21H20N2O5S. The van der Waals surface area contributed by atoms with Gasteiger partial charge in [0, 0.05) is 43.7 Å². The van der Waals surface area contributed by atoms with E-state index in [1.165, 1.54) is 17.4 Å². The second kappa shape index (κ2) is 8.08. The number of carbonyl (C=O) groups excluding carboxylic acids is 2. The molecule has 1 aliphatic heterocycles. The number of carbonyl (C=O) groups is 2. The SMILES string of the molecule is Cc1cc(=O)oc2cc(OCC(=O)N3CCN(C(=O)c4cccs4)CC3)ccc12. The highest BCUT2D eigenvalue weighted by Crippen LogP contribution is 2.22. The Morgan fingerprint density at radius 1 is 1.10 bits per heavy atom. The fourth-order valence-corrected chi connectivity index (χ4v) is 4.04. The molecule has 1 aliphatic rings. The fraction of sp³-hybridized carbons (Fsp3) is 0.286. The monoisotopic (exact) mass is 412 g/mol. The van der Waals surface area contributed by atoms with Crippen LogP contribution in [0.5, 0.6) is 5.75 Å². The van der Waals surface area contributed by atoms with Crippen LogP contribution in [0, 0.1) is 6.92 Å². The van der Waals surface area contributed by atoms with Crippen LogP contribution in [0.15, 0.2) is 51.0 Å². The van der Waals surface area contributed by atoms with Gasteiger partial charge in [0.05, 0.1) is 4.88 Å². The van der Waals surface area contributed by atoms with Gasteiger partial charge in [-0.2, -0.15) is 0 Å². The van der Waals surface area contributed by atoms with Gasteiger partial charge < -0.3 is 19.0 Å². The van der Waals surface area contributed by atoms with Crippen LogP contribution >= 0.6 is 11.3 Å². The van der Waals surface area contributed by atoms with Crippen LogP contribution in [0.4, 0.5) is 0 Å². The molecule has 0 unspecified atom stereocenters.